The topological polar surface area (TPSA) is 26.3 Å². The quantitative estimate of drug-likeness (QED) is 0.311. The molecule has 0 aliphatic rings. The molecule has 0 N–H and O–H groups in total. The summed E-state index contributed by atoms with van der Waals surface area (Å²) in [7, 11) is 2.09. The van der Waals surface area contributed by atoms with Crippen LogP contribution in [-0.4, -0.2) is 30.3 Å². The summed E-state index contributed by atoms with van der Waals surface area (Å²) in [5.41, 5.74) is 1.24. The van der Waals surface area contributed by atoms with Crippen molar-refractivity contribution in [3.8, 4) is 0 Å². The number of hydrogen-bond acceptors (Lipinski definition) is 2. The molecule has 0 spiro atoms. The number of nitrogens with zero attached hydrogens (tertiary/aromatic N) is 1. The standard InChI is InChI=1S/C15H22NO2.ClH/c1-5-15(17)18-13(3)16(4,6-2)12-14-10-8-7-9-11-14;/h5,7-11,13H,1,6,12H2,2-4H3;1H/q+1;/p-1. The lowest BCUT2D eigenvalue weighted by atomic mass is 10.2. The van der Waals surface area contributed by atoms with E-state index in [1.54, 1.807) is 0 Å². The van der Waals surface area contributed by atoms with E-state index in [1.165, 1.54) is 11.6 Å². The van der Waals surface area contributed by atoms with E-state index in [1.807, 2.05) is 25.1 Å². The molecule has 0 aliphatic heterocycles. The average molecular weight is 284 g/mol. The third-order valence-electron chi connectivity index (χ3n) is 3.44. The fourth-order valence-corrected chi connectivity index (χ4v) is 1.84. The summed E-state index contributed by atoms with van der Waals surface area (Å²) in [4.78, 5) is 11.3. The Morgan fingerprint density at radius 2 is 2.00 bits per heavy atom. The van der Waals surface area contributed by atoms with Crippen LogP contribution >= 0.6 is 0 Å². The van der Waals surface area contributed by atoms with Gasteiger partial charge in [0.1, 0.15) is 6.54 Å². The van der Waals surface area contributed by atoms with E-state index in [0.717, 1.165) is 13.1 Å². The number of halogens is 1. The minimum Gasteiger partial charge on any atom is -1.00 e. The maximum absolute atomic E-state index is 11.3. The highest BCUT2D eigenvalue weighted by atomic mass is 35.5. The van der Waals surface area contributed by atoms with E-state index < -0.39 is 0 Å². The van der Waals surface area contributed by atoms with Crippen LogP contribution in [0.5, 0.6) is 0 Å². The van der Waals surface area contributed by atoms with E-state index in [2.05, 4.69) is 32.7 Å². The van der Waals surface area contributed by atoms with Crippen molar-refractivity contribution in [3.05, 3.63) is 48.6 Å². The number of esters is 1. The summed E-state index contributed by atoms with van der Waals surface area (Å²) < 4.78 is 6.00. The van der Waals surface area contributed by atoms with Gasteiger partial charge < -0.3 is 17.1 Å². The maximum atomic E-state index is 11.3. The van der Waals surface area contributed by atoms with Crippen LogP contribution in [0.3, 0.4) is 0 Å². The van der Waals surface area contributed by atoms with Crippen molar-refractivity contribution in [1.29, 1.82) is 0 Å². The Labute approximate surface area is 121 Å². The van der Waals surface area contributed by atoms with E-state index in [-0.39, 0.29) is 24.6 Å². The highest BCUT2D eigenvalue weighted by Crippen LogP contribution is 2.17. The maximum Gasteiger partial charge on any atom is 0.334 e. The van der Waals surface area contributed by atoms with Gasteiger partial charge in [0.2, 0.25) is 6.23 Å². The van der Waals surface area contributed by atoms with Crippen molar-refractivity contribution < 1.29 is 26.4 Å². The van der Waals surface area contributed by atoms with Gasteiger partial charge in [-0.2, -0.15) is 0 Å². The highest BCUT2D eigenvalue weighted by Gasteiger charge is 2.30. The Bertz CT molecular complexity index is 408. The predicted molar refractivity (Wildman–Crippen MR) is 72.6 cm³/mol. The van der Waals surface area contributed by atoms with Crippen LogP contribution in [0.2, 0.25) is 0 Å². The summed E-state index contributed by atoms with van der Waals surface area (Å²) in [6.45, 7) is 9.17. The number of quaternary nitrogens is 1. The zero-order chi connectivity index (χ0) is 13.6. The zero-order valence-electron chi connectivity index (χ0n) is 11.8. The Hall–Kier alpha value is -1.32. The molecule has 4 heteroatoms. The van der Waals surface area contributed by atoms with E-state index in [4.69, 9.17) is 4.74 Å². The van der Waals surface area contributed by atoms with Gasteiger partial charge in [-0.1, -0.05) is 36.9 Å². The number of hydrogen-bond donors (Lipinski definition) is 0. The van der Waals surface area contributed by atoms with Gasteiger partial charge in [-0.25, -0.2) is 4.79 Å². The van der Waals surface area contributed by atoms with Gasteiger partial charge in [0, 0.05) is 18.6 Å². The van der Waals surface area contributed by atoms with Crippen LogP contribution in [0.25, 0.3) is 0 Å². The Kier molecular flexibility index (Phi) is 7.42. The molecule has 0 saturated heterocycles. The van der Waals surface area contributed by atoms with Gasteiger partial charge in [0.15, 0.2) is 0 Å². The van der Waals surface area contributed by atoms with Crippen LogP contribution < -0.4 is 12.4 Å². The largest absolute Gasteiger partial charge is 1.00 e. The van der Waals surface area contributed by atoms with Crippen LogP contribution in [0.1, 0.15) is 19.4 Å². The average Bonchev–Trinajstić information content (AvgIpc) is 2.39. The summed E-state index contributed by atoms with van der Waals surface area (Å²) >= 11 is 0. The lowest BCUT2D eigenvalue weighted by Gasteiger charge is -2.38. The molecule has 106 valence electrons. The van der Waals surface area contributed by atoms with E-state index in [9.17, 15) is 4.79 Å². The van der Waals surface area contributed by atoms with E-state index >= 15 is 0 Å². The number of benzene rings is 1. The summed E-state index contributed by atoms with van der Waals surface area (Å²) in [6.07, 6.45) is 1.01. The fourth-order valence-electron chi connectivity index (χ4n) is 1.84. The van der Waals surface area contributed by atoms with Crippen molar-refractivity contribution >= 4 is 5.97 Å². The van der Waals surface area contributed by atoms with Gasteiger partial charge in [0.05, 0.1) is 13.6 Å². The van der Waals surface area contributed by atoms with Crippen LogP contribution in [0.4, 0.5) is 0 Å². The van der Waals surface area contributed by atoms with Crippen molar-refractivity contribution in [2.45, 2.75) is 26.6 Å². The zero-order valence-corrected chi connectivity index (χ0v) is 12.6. The molecule has 0 amide bonds. The smallest absolute Gasteiger partial charge is 0.334 e. The second-order valence-electron chi connectivity index (χ2n) is 4.68. The first-order valence-corrected chi connectivity index (χ1v) is 6.23. The molecular weight excluding hydrogens is 262 g/mol. The third kappa shape index (κ3) is 5.05. The summed E-state index contributed by atoms with van der Waals surface area (Å²) in [5, 5.41) is 0. The fraction of sp³-hybridized carbons (Fsp3) is 0.400. The molecule has 0 heterocycles. The minimum absolute atomic E-state index is 0. The van der Waals surface area contributed by atoms with Crippen molar-refractivity contribution in [1.82, 2.24) is 0 Å². The molecule has 0 saturated carbocycles. The normalized spacial score (nSPS) is 14.7. The van der Waals surface area contributed by atoms with Gasteiger partial charge >= 0.3 is 5.97 Å². The highest BCUT2D eigenvalue weighted by molar-refractivity contribution is 5.81. The SMILES string of the molecule is C=CC(=O)OC(C)[N+](C)(CC)Cc1ccccc1.[Cl-]. The molecule has 1 rings (SSSR count). The molecular formula is C15H22ClNO2. The molecule has 2 atom stereocenters. The number of carbonyl (C=O) groups excluding carboxylic acids is 1. The Morgan fingerprint density at radius 1 is 1.42 bits per heavy atom. The molecule has 19 heavy (non-hydrogen) atoms. The molecule has 1 aromatic rings. The van der Waals surface area contributed by atoms with Gasteiger partial charge in [-0.15, -0.1) is 0 Å². The van der Waals surface area contributed by atoms with Gasteiger partial charge in [-0.3, -0.25) is 4.48 Å². The first kappa shape index (κ1) is 17.7. The predicted octanol–water partition coefficient (Wildman–Crippen LogP) is -0.268. The molecule has 3 nitrogen and oxygen atoms in total. The molecule has 0 radical (unpaired) electrons. The lowest BCUT2D eigenvalue weighted by molar-refractivity contribution is -0.961. The van der Waals surface area contributed by atoms with Gasteiger partial charge in [-0.05, 0) is 6.92 Å². The molecule has 0 aromatic heterocycles. The number of rotatable bonds is 6. The van der Waals surface area contributed by atoms with Crippen molar-refractivity contribution in [3.63, 3.8) is 0 Å². The second-order valence-corrected chi connectivity index (χ2v) is 4.68. The van der Waals surface area contributed by atoms with E-state index in [0.29, 0.717) is 4.48 Å². The molecule has 0 fully saturated rings. The second kappa shape index (κ2) is 7.97. The van der Waals surface area contributed by atoms with Crippen molar-refractivity contribution in [2.75, 3.05) is 13.6 Å². The third-order valence-corrected chi connectivity index (χ3v) is 3.44. The van der Waals surface area contributed by atoms with Crippen LogP contribution in [0.15, 0.2) is 43.0 Å². The minimum atomic E-state index is -0.367. The number of carbonyl (C=O) groups is 1. The van der Waals surface area contributed by atoms with Crippen LogP contribution in [0, 0.1) is 0 Å². The lowest BCUT2D eigenvalue weighted by Crippen LogP contribution is -3.00. The van der Waals surface area contributed by atoms with Crippen molar-refractivity contribution in [2.24, 2.45) is 0 Å². The van der Waals surface area contributed by atoms with Crippen LogP contribution in [-0.2, 0) is 16.1 Å². The Balaban J connectivity index is 0.00000324. The first-order valence-electron chi connectivity index (χ1n) is 6.23. The monoisotopic (exact) mass is 283 g/mol. The van der Waals surface area contributed by atoms with Gasteiger partial charge in [0.25, 0.3) is 0 Å². The number of ether oxygens (including phenoxy) is 1. The first-order chi connectivity index (χ1) is 8.51. The molecule has 0 bridgehead atoms. The summed E-state index contributed by atoms with van der Waals surface area (Å²) in [6, 6.07) is 10.2. The molecule has 0 aliphatic carbocycles. The Morgan fingerprint density at radius 3 is 2.47 bits per heavy atom. The molecule has 2 unspecified atom stereocenters. The summed E-state index contributed by atoms with van der Waals surface area (Å²) in [5.74, 6) is -0.367. The molecule has 1 aromatic carbocycles.